The minimum absolute atomic E-state index is 0.00953. The van der Waals surface area contributed by atoms with Gasteiger partial charge in [0.25, 0.3) is 5.91 Å². The van der Waals surface area contributed by atoms with Gasteiger partial charge in [0.1, 0.15) is 30.5 Å². The maximum Gasteiger partial charge on any atom is 0.287 e. The summed E-state index contributed by atoms with van der Waals surface area (Å²) >= 11 is 3.64. The van der Waals surface area contributed by atoms with Crippen molar-refractivity contribution in [2.75, 3.05) is 7.11 Å². The van der Waals surface area contributed by atoms with Crippen LogP contribution in [0.1, 0.15) is 21.7 Å². The molecule has 0 radical (unpaired) electrons. The molecule has 5 aromatic rings. The van der Waals surface area contributed by atoms with Crippen LogP contribution in [0.5, 0.6) is 17.2 Å². The minimum Gasteiger partial charge on any atom is -0.497 e. The smallest absolute Gasteiger partial charge is 0.287 e. The second kappa shape index (κ2) is 11.8. The summed E-state index contributed by atoms with van der Waals surface area (Å²) in [5.74, 6) is 1.43. The quantitative estimate of drug-likeness (QED) is 0.217. The van der Waals surface area contributed by atoms with E-state index in [1.165, 1.54) is 0 Å². The number of hydrogen-bond donors (Lipinski definition) is 1. The van der Waals surface area contributed by atoms with Gasteiger partial charge >= 0.3 is 0 Å². The molecule has 0 bridgehead atoms. The third-order valence-corrected chi connectivity index (χ3v) is 6.58. The van der Waals surface area contributed by atoms with E-state index in [0.29, 0.717) is 52.0 Å². The third-order valence-electron chi connectivity index (χ3n) is 5.96. The first kappa shape index (κ1) is 26.0. The number of ether oxygens (including phenoxy) is 3. The summed E-state index contributed by atoms with van der Waals surface area (Å²) in [7, 11) is 1.59. The summed E-state index contributed by atoms with van der Waals surface area (Å²) in [6.45, 7) is 0.692. The van der Waals surface area contributed by atoms with Crippen LogP contribution >= 0.6 is 15.9 Å². The Morgan fingerprint density at radius 1 is 0.821 bits per heavy atom. The van der Waals surface area contributed by atoms with Gasteiger partial charge in [0.05, 0.1) is 17.1 Å². The van der Waals surface area contributed by atoms with Crippen LogP contribution in [0, 0.1) is 0 Å². The Morgan fingerprint density at radius 3 is 1.97 bits per heavy atom. The molecule has 4 aromatic carbocycles. The van der Waals surface area contributed by atoms with Gasteiger partial charge in [-0.25, -0.2) is 0 Å². The van der Waals surface area contributed by atoms with E-state index in [4.69, 9.17) is 19.9 Å². The number of nitrogens with zero attached hydrogens (tertiary/aromatic N) is 3. The molecule has 1 aromatic heterocycles. The standard InChI is InChI=1S/C30H25BrN4O4/c1-37-23-14-12-22(13-15-23)35-29(33-34-30(35)28(32)36)24-16-25(31)27(39-19-21-10-6-3-7-11-21)17-26(24)38-18-20-8-4-2-5-9-20/h2-17H,18-19H2,1H3,(H2,32,36). The van der Waals surface area contributed by atoms with Crippen molar-refractivity contribution in [2.45, 2.75) is 13.2 Å². The van der Waals surface area contributed by atoms with Crippen LogP contribution in [0.4, 0.5) is 0 Å². The van der Waals surface area contributed by atoms with Crippen molar-refractivity contribution in [3.8, 4) is 34.3 Å². The number of carbonyl (C=O) groups excluding carboxylic acids is 1. The maximum atomic E-state index is 12.3. The zero-order valence-corrected chi connectivity index (χ0v) is 22.7. The number of rotatable bonds is 10. The molecule has 0 saturated heterocycles. The van der Waals surface area contributed by atoms with E-state index in [-0.39, 0.29) is 5.82 Å². The normalized spacial score (nSPS) is 10.7. The van der Waals surface area contributed by atoms with Gasteiger partial charge in [-0.1, -0.05) is 60.7 Å². The topological polar surface area (TPSA) is 101 Å². The maximum absolute atomic E-state index is 12.3. The Bertz CT molecular complexity index is 1570. The highest BCUT2D eigenvalue weighted by Gasteiger charge is 2.24. The average molecular weight is 585 g/mol. The number of nitrogens with two attached hydrogens (primary N) is 1. The molecule has 1 amide bonds. The second-order valence-electron chi connectivity index (χ2n) is 8.57. The Kier molecular flexibility index (Phi) is 7.88. The van der Waals surface area contributed by atoms with Gasteiger partial charge in [0.2, 0.25) is 5.82 Å². The van der Waals surface area contributed by atoms with Gasteiger partial charge in [-0.3, -0.25) is 9.36 Å². The monoisotopic (exact) mass is 584 g/mol. The molecular formula is C30H25BrN4O4. The summed E-state index contributed by atoms with van der Waals surface area (Å²) in [5.41, 5.74) is 8.94. The van der Waals surface area contributed by atoms with Crippen LogP contribution in [-0.4, -0.2) is 27.8 Å². The van der Waals surface area contributed by atoms with Crippen molar-refractivity contribution in [2.24, 2.45) is 5.73 Å². The molecule has 1 heterocycles. The highest BCUT2D eigenvalue weighted by molar-refractivity contribution is 9.10. The molecule has 0 aliphatic heterocycles. The fourth-order valence-electron chi connectivity index (χ4n) is 4.00. The summed E-state index contributed by atoms with van der Waals surface area (Å²) in [5, 5.41) is 8.45. The minimum atomic E-state index is -0.710. The third kappa shape index (κ3) is 5.94. The van der Waals surface area contributed by atoms with Crippen LogP contribution in [0.3, 0.4) is 0 Å². The molecule has 2 N–H and O–H groups in total. The summed E-state index contributed by atoms with van der Waals surface area (Å²) in [6, 6.07) is 30.5. The second-order valence-corrected chi connectivity index (χ2v) is 9.43. The molecular weight excluding hydrogens is 560 g/mol. The lowest BCUT2D eigenvalue weighted by molar-refractivity contribution is 0.0988. The molecule has 0 saturated carbocycles. The summed E-state index contributed by atoms with van der Waals surface area (Å²) in [4.78, 5) is 12.3. The van der Waals surface area contributed by atoms with Crippen molar-refractivity contribution in [3.05, 3.63) is 118 Å². The molecule has 39 heavy (non-hydrogen) atoms. The van der Waals surface area contributed by atoms with Crippen LogP contribution in [0.2, 0.25) is 0 Å². The SMILES string of the molecule is COc1ccc(-n2c(C(N)=O)nnc2-c2cc(Br)c(OCc3ccccc3)cc2OCc2ccccc2)cc1. The molecule has 8 nitrogen and oxygen atoms in total. The van der Waals surface area contributed by atoms with Gasteiger partial charge in [0, 0.05) is 11.8 Å². The number of amides is 1. The Morgan fingerprint density at radius 2 is 1.41 bits per heavy atom. The van der Waals surface area contributed by atoms with E-state index in [0.717, 1.165) is 11.1 Å². The van der Waals surface area contributed by atoms with Crippen molar-refractivity contribution in [1.29, 1.82) is 0 Å². The number of halogens is 1. The number of aromatic nitrogens is 3. The predicted molar refractivity (Wildman–Crippen MR) is 151 cm³/mol. The van der Waals surface area contributed by atoms with Gasteiger partial charge in [-0.05, 0) is 57.4 Å². The van der Waals surface area contributed by atoms with Crippen molar-refractivity contribution >= 4 is 21.8 Å². The fraction of sp³-hybridized carbons (Fsp3) is 0.100. The number of primary amides is 1. The van der Waals surface area contributed by atoms with Gasteiger partial charge in [0.15, 0.2) is 5.82 Å². The molecule has 5 rings (SSSR count). The molecule has 196 valence electrons. The van der Waals surface area contributed by atoms with E-state index in [9.17, 15) is 4.79 Å². The lowest BCUT2D eigenvalue weighted by atomic mass is 10.1. The van der Waals surface area contributed by atoms with E-state index in [1.807, 2.05) is 72.8 Å². The first-order valence-corrected chi connectivity index (χ1v) is 12.9. The molecule has 9 heteroatoms. The zero-order valence-electron chi connectivity index (χ0n) is 21.1. The molecule has 0 aliphatic carbocycles. The van der Waals surface area contributed by atoms with Crippen LogP contribution in [0.15, 0.2) is 102 Å². The highest BCUT2D eigenvalue weighted by atomic mass is 79.9. The lowest BCUT2D eigenvalue weighted by Gasteiger charge is -2.17. The molecule has 0 atom stereocenters. The van der Waals surface area contributed by atoms with Crippen molar-refractivity contribution in [3.63, 3.8) is 0 Å². The summed E-state index contributed by atoms with van der Waals surface area (Å²) < 4.78 is 20.0. The molecule has 0 spiro atoms. The summed E-state index contributed by atoms with van der Waals surface area (Å²) in [6.07, 6.45) is 0. The van der Waals surface area contributed by atoms with Gasteiger partial charge < -0.3 is 19.9 Å². The van der Waals surface area contributed by atoms with Crippen molar-refractivity contribution < 1.29 is 19.0 Å². The number of benzene rings is 4. The molecule has 0 fully saturated rings. The van der Waals surface area contributed by atoms with E-state index >= 15 is 0 Å². The van der Waals surface area contributed by atoms with Crippen molar-refractivity contribution in [1.82, 2.24) is 14.8 Å². The van der Waals surface area contributed by atoms with E-state index < -0.39 is 5.91 Å². The number of methoxy groups -OCH3 is 1. The van der Waals surface area contributed by atoms with Gasteiger partial charge in [-0.15, -0.1) is 10.2 Å². The molecule has 0 aliphatic rings. The largest absolute Gasteiger partial charge is 0.497 e. The van der Waals surface area contributed by atoms with E-state index in [2.05, 4.69) is 26.1 Å². The predicted octanol–water partition coefficient (Wildman–Crippen LogP) is 5.96. The zero-order chi connectivity index (χ0) is 27.2. The van der Waals surface area contributed by atoms with Crippen LogP contribution in [0.25, 0.3) is 17.1 Å². The Labute approximate surface area is 234 Å². The highest BCUT2D eigenvalue weighted by Crippen LogP contribution is 2.40. The fourth-order valence-corrected chi connectivity index (χ4v) is 4.46. The Hall–Kier alpha value is -4.63. The van der Waals surface area contributed by atoms with E-state index in [1.54, 1.807) is 35.9 Å². The lowest BCUT2D eigenvalue weighted by Crippen LogP contribution is -2.18. The molecule has 0 unspecified atom stereocenters. The first-order chi connectivity index (χ1) is 19.0. The average Bonchev–Trinajstić information content (AvgIpc) is 3.42. The van der Waals surface area contributed by atoms with Gasteiger partial charge in [-0.2, -0.15) is 0 Å². The first-order valence-electron chi connectivity index (χ1n) is 12.1. The van der Waals surface area contributed by atoms with Crippen LogP contribution < -0.4 is 19.9 Å². The Balaban J connectivity index is 1.59. The van der Waals surface area contributed by atoms with Crippen LogP contribution in [-0.2, 0) is 13.2 Å². The number of carbonyl (C=O) groups is 1. The number of hydrogen-bond acceptors (Lipinski definition) is 6.